The van der Waals surface area contributed by atoms with Crippen molar-refractivity contribution in [1.82, 2.24) is 4.90 Å². The molecular weight excluding hydrogens is 386 g/mol. The Morgan fingerprint density at radius 3 is 0.938 bits per heavy atom. The third kappa shape index (κ3) is 26.2. The van der Waals surface area contributed by atoms with Gasteiger partial charge in [0.1, 0.15) is 0 Å². The van der Waals surface area contributed by atoms with E-state index in [2.05, 4.69) is 32.6 Å². The maximum atomic E-state index is 2.79. The van der Waals surface area contributed by atoms with Gasteiger partial charge in [-0.05, 0) is 44.8 Å². The van der Waals surface area contributed by atoms with Crippen LogP contribution >= 0.6 is 0 Å². The Labute approximate surface area is 205 Å². The molecule has 0 bridgehead atoms. The Kier molecular flexibility index (Phi) is 27.2. The molecule has 0 saturated heterocycles. The van der Waals surface area contributed by atoms with Gasteiger partial charge >= 0.3 is 0 Å². The summed E-state index contributed by atoms with van der Waals surface area (Å²) in [4.78, 5) is 2.79. The summed E-state index contributed by atoms with van der Waals surface area (Å²) in [5.74, 6) is 0.840. The highest BCUT2D eigenvalue weighted by molar-refractivity contribution is 4.61. The van der Waals surface area contributed by atoms with Crippen LogP contribution in [0.2, 0.25) is 0 Å². The van der Waals surface area contributed by atoms with Crippen molar-refractivity contribution < 1.29 is 0 Å². The van der Waals surface area contributed by atoms with E-state index in [1.54, 1.807) is 0 Å². The number of unbranched alkanes of at least 4 members (excludes halogenated alkanes) is 20. The largest absolute Gasteiger partial charge is 0.303 e. The van der Waals surface area contributed by atoms with Crippen LogP contribution in [0.5, 0.6) is 0 Å². The summed E-state index contributed by atoms with van der Waals surface area (Å²) in [6, 6.07) is 0. The molecule has 1 nitrogen and oxygen atoms in total. The molecule has 0 aliphatic carbocycles. The fraction of sp³-hybridized carbons (Fsp3) is 1.00. The van der Waals surface area contributed by atoms with Gasteiger partial charge in [0.05, 0.1) is 0 Å². The van der Waals surface area contributed by atoms with E-state index in [9.17, 15) is 0 Å². The average Bonchev–Trinajstić information content (AvgIpc) is 2.78. The van der Waals surface area contributed by atoms with Crippen LogP contribution in [0.15, 0.2) is 0 Å². The SMILES string of the molecule is CCCCCCCCCCCCCN(CCCCCCCCCCCCC)CCC(C)C. The summed E-state index contributed by atoms with van der Waals surface area (Å²) in [7, 11) is 0. The Morgan fingerprint density at radius 1 is 0.375 bits per heavy atom. The molecule has 0 fully saturated rings. The van der Waals surface area contributed by atoms with Crippen LogP contribution in [0, 0.1) is 5.92 Å². The first kappa shape index (κ1) is 32.0. The molecule has 0 amide bonds. The van der Waals surface area contributed by atoms with E-state index in [1.165, 1.54) is 167 Å². The van der Waals surface area contributed by atoms with Gasteiger partial charge in [0.15, 0.2) is 0 Å². The molecule has 0 unspecified atom stereocenters. The van der Waals surface area contributed by atoms with Gasteiger partial charge in [-0.3, -0.25) is 0 Å². The first-order valence-corrected chi connectivity index (χ1v) is 15.4. The van der Waals surface area contributed by atoms with Gasteiger partial charge in [-0.25, -0.2) is 0 Å². The number of rotatable bonds is 27. The van der Waals surface area contributed by atoms with Gasteiger partial charge in [-0.2, -0.15) is 0 Å². The lowest BCUT2D eigenvalue weighted by Crippen LogP contribution is -2.28. The van der Waals surface area contributed by atoms with Gasteiger partial charge in [0.25, 0.3) is 0 Å². The lowest BCUT2D eigenvalue weighted by molar-refractivity contribution is 0.246. The number of hydrogen-bond acceptors (Lipinski definition) is 1. The van der Waals surface area contributed by atoms with E-state index in [1.807, 2.05) is 0 Å². The molecule has 0 atom stereocenters. The quantitative estimate of drug-likeness (QED) is 0.112. The maximum absolute atomic E-state index is 2.79. The second kappa shape index (κ2) is 27.2. The highest BCUT2D eigenvalue weighted by Gasteiger charge is 2.06. The summed E-state index contributed by atoms with van der Waals surface area (Å²) in [5, 5.41) is 0. The van der Waals surface area contributed by atoms with Crippen LogP contribution in [0.1, 0.15) is 175 Å². The molecule has 0 aromatic carbocycles. The first-order valence-electron chi connectivity index (χ1n) is 15.4. The van der Waals surface area contributed by atoms with Gasteiger partial charge in [-0.15, -0.1) is 0 Å². The van der Waals surface area contributed by atoms with Crippen LogP contribution in [0.25, 0.3) is 0 Å². The molecular formula is C31H65N. The van der Waals surface area contributed by atoms with Crippen molar-refractivity contribution in [2.24, 2.45) is 5.92 Å². The zero-order valence-electron chi connectivity index (χ0n) is 23.4. The molecule has 0 rings (SSSR count). The predicted octanol–water partition coefficient (Wildman–Crippen LogP) is 11.0. The van der Waals surface area contributed by atoms with Crippen molar-refractivity contribution in [2.75, 3.05) is 19.6 Å². The third-order valence-electron chi connectivity index (χ3n) is 7.18. The van der Waals surface area contributed by atoms with E-state index < -0.39 is 0 Å². The van der Waals surface area contributed by atoms with E-state index in [-0.39, 0.29) is 0 Å². The molecule has 1 heteroatoms. The van der Waals surface area contributed by atoms with Crippen molar-refractivity contribution in [1.29, 1.82) is 0 Å². The highest BCUT2D eigenvalue weighted by atomic mass is 15.1. The van der Waals surface area contributed by atoms with Crippen molar-refractivity contribution >= 4 is 0 Å². The van der Waals surface area contributed by atoms with Crippen molar-refractivity contribution in [3.8, 4) is 0 Å². The molecule has 0 aromatic heterocycles. The number of hydrogen-bond donors (Lipinski definition) is 0. The average molecular weight is 452 g/mol. The molecule has 0 heterocycles. The second-order valence-corrected chi connectivity index (χ2v) is 11.1. The summed E-state index contributed by atoms with van der Waals surface area (Å²) >= 11 is 0. The van der Waals surface area contributed by atoms with E-state index in [0.717, 1.165) is 5.92 Å². The zero-order chi connectivity index (χ0) is 23.5. The molecule has 0 saturated carbocycles. The van der Waals surface area contributed by atoms with Gasteiger partial charge in [0.2, 0.25) is 0 Å². The minimum atomic E-state index is 0.840. The molecule has 0 aliphatic heterocycles. The minimum absolute atomic E-state index is 0.840. The lowest BCUT2D eigenvalue weighted by atomic mass is 10.0. The maximum Gasteiger partial charge on any atom is -0.00163 e. The monoisotopic (exact) mass is 452 g/mol. The summed E-state index contributed by atoms with van der Waals surface area (Å²) < 4.78 is 0. The van der Waals surface area contributed by atoms with Gasteiger partial charge < -0.3 is 4.90 Å². The molecule has 194 valence electrons. The molecule has 0 radical (unpaired) electrons. The molecule has 0 aromatic rings. The van der Waals surface area contributed by atoms with Crippen LogP contribution < -0.4 is 0 Å². The minimum Gasteiger partial charge on any atom is -0.303 e. The van der Waals surface area contributed by atoms with Gasteiger partial charge in [0, 0.05) is 0 Å². The summed E-state index contributed by atoms with van der Waals surface area (Å²) in [5.41, 5.74) is 0. The van der Waals surface area contributed by atoms with Crippen LogP contribution in [0.3, 0.4) is 0 Å². The lowest BCUT2D eigenvalue weighted by Gasteiger charge is -2.23. The first-order chi connectivity index (χ1) is 15.7. The molecule has 0 spiro atoms. The molecule has 0 N–H and O–H groups in total. The smallest absolute Gasteiger partial charge is 0.00163 e. The second-order valence-electron chi connectivity index (χ2n) is 11.1. The summed E-state index contributed by atoms with van der Waals surface area (Å²) in [6.07, 6.45) is 33.3. The molecule has 0 aliphatic rings. The molecule has 32 heavy (non-hydrogen) atoms. The van der Waals surface area contributed by atoms with Crippen LogP contribution in [0.4, 0.5) is 0 Å². The predicted molar refractivity (Wildman–Crippen MR) is 149 cm³/mol. The fourth-order valence-corrected chi connectivity index (χ4v) is 4.78. The Morgan fingerprint density at radius 2 is 0.656 bits per heavy atom. The zero-order valence-corrected chi connectivity index (χ0v) is 23.4. The standard InChI is InChI=1S/C31H65N/c1-5-7-9-11-13-15-17-19-21-23-25-28-32(30-27-31(3)4)29-26-24-22-20-18-16-14-12-10-8-6-2/h31H,5-30H2,1-4H3. The topological polar surface area (TPSA) is 3.24 Å². The Balaban J connectivity index is 3.62. The van der Waals surface area contributed by atoms with Crippen LogP contribution in [-0.4, -0.2) is 24.5 Å². The van der Waals surface area contributed by atoms with Crippen LogP contribution in [-0.2, 0) is 0 Å². The van der Waals surface area contributed by atoms with Crippen molar-refractivity contribution in [2.45, 2.75) is 175 Å². The van der Waals surface area contributed by atoms with Crippen molar-refractivity contribution in [3.05, 3.63) is 0 Å². The summed E-state index contributed by atoms with van der Waals surface area (Å²) in [6.45, 7) is 13.4. The van der Waals surface area contributed by atoms with Crippen molar-refractivity contribution in [3.63, 3.8) is 0 Å². The normalized spacial score (nSPS) is 11.8. The third-order valence-corrected chi connectivity index (χ3v) is 7.18. The van der Waals surface area contributed by atoms with E-state index in [0.29, 0.717) is 0 Å². The highest BCUT2D eigenvalue weighted by Crippen LogP contribution is 2.14. The fourth-order valence-electron chi connectivity index (χ4n) is 4.78. The Bertz CT molecular complexity index is 298. The Hall–Kier alpha value is -0.0400. The number of nitrogens with zero attached hydrogens (tertiary/aromatic N) is 1. The van der Waals surface area contributed by atoms with E-state index in [4.69, 9.17) is 0 Å². The van der Waals surface area contributed by atoms with E-state index >= 15 is 0 Å². The van der Waals surface area contributed by atoms with Gasteiger partial charge in [-0.1, -0.05) is 156 Å².